The van der Waals surface area contributed by atoms with Gasteiger partial charge < -0.3 is 10.6 Å². The molecule has 2 N–H and O–H groups in total. The molecular weight excluding hydrogens is 290 g/mol. The van der Waals surface area contributed by atoms with Crippen LogP contribution in [0, 0.1) is 18.3 Å². The predicted octanol–water partition coefficient (Wildman–Crippen LogP) is 0.582. The largest absolute Gasteiger partial charge is 0.325 e. The highest BCUT2D eigenvalue weighted by Gasteiger charge is 2.26. The minimum absolute atomic E-state index is 0.0284. The van der Waals surface area contributed by atoms with Crippen LogP contribution in [0.25, 0.3) is 0 Å². The highest BCUT2D eigenvalue weighted by Crippen LogP contribution is 2.18. The van der Waals surface area contributed by atoms with Crippen LogP contribution >= 0.6 is 0 Å². The van der Waals surface area contributed by atoms with Crippen LogP contribution in [-0.4, -0.2) is 38.4 Å². The minimum Gasteiger partial charge on any atom is -0.325 e. The van der Waals surface area contributed by atoms with Crippen LogP contribution < -0.4 is 10.6 Å². The summed E-state index contributed by atoms with van der Waals surface area (Å²) < 4.78 is 23.1. The number of carbonyl (C=O) groups excluding carboxylic acids is 1. The Hall–Kier alpha value is -1.91. The van der Waals surface area contributed by atoms with Gasteiger partial charge in [-0.15, -0.1) is 0 Å². The number of rotatable bonds is 3. The van der Waals surface area contributed by atoms with Crippen LogP contribution in [0.4, 0.5) is 5.69 Å². The van der Waals surface area contributed by atoms with Gasteiger partial charge in [0, 0.05) is 19.0 Å². The third kappa shape index (κ3) is 4.03. The fourth-order valence-electron chi connectivity index (χ4n) is 2.34. The van der Waals surface area contributed by atoms with Crippen molar-refractivity contribution in [1.82, 2.24) is 5.32 Å². The van der Waals surface area contributed by atoms with Crippen molar-refractivity contribution in [3.8, 4) is 6.07 Å². The van der Waals surface area contributed by atoms with Crippen molar-refractivity contribution in [2.24, 2.45) is 0 Å². The van der Waals surface area contributed by atoms with E-state index < -0.39 is 9.84 Å². The van der Waals surface area contributed by atoms with E-state index in [-0.39, 0.29) is 29.9 Å². The first-order valence-corrected chi connectivity index (χ1v) is 8.47. The smallest absolute Gasteiger partial charge is 0.226 e. The van der Waals surface area contributed by atoms with E-state index in [1.165, 1.54) is 0 Å². The Labute approximate surface area is 124 Å². The SMILES string of the molecule is Cc1cccc(NC(=O)CC2CS(=O)(=O)CCN2)c1C#N. The van der Waals surface area contributed by atoms with Gasteiger partial charge >= 0.3 is 0 Å². The molecule has 0 aromatic heterocycles. The van der Waals surface area contributed by atoms with E-state index >= 15 is 0 Å². The average Bonchev–Trinajstić information content (AvgIpc) is 2.37. The van der Waals surface area contributed by atoms with Crippen molar-refractivity contribution in [2.75, 3.05) is 23.4 Å². The number of anilines is 1. The van der Waals surface area contributed by atoms with Gasteiger partial charge in [-0.05, 0) is 18.6 Å². The summed E-state index contributed by atoms with van der Waals surface area (Å²) in [5.41, 5.74) is 1.67. The van der Waals surface area contributed by atoms with Gasteiger partial charge in [-0.2, -0.15) is 5.26 Å². The Morgan fingerprint density at radius 1 is 1.52 bits per heavy atom. The summed E-state index contributed by atoms with van der Waals surface area (Å²) in [5, 5.41) is 14.8. The Morgan fingerprint density at radius 3 is 2.95 bits per heavy atom. The zero-order valence-electron chi connectivity index (χ0n) is 11.7. The topological polar surface area (TPSA) is 99.1 Å². The third-order valence-electron chi connectivity index (χ3n) is 3.39. The summed E-state index contributed by atoms with van der Waals surface area (Å²) in [6, 6.07) is 6.90. The first kappa shape index (κ1) is 15.5. The summed E-state index contributed by atoms with van der Waals surface area (Å²) in [5.74, 6) is -0.215. The average molecular weight is 307 g/mol. The van der Waals surface area contributed by atoms with Gasteiger partial charge in [-0.25, -0.2) is 8.42 Å². The maximum atomic E-state index is 12.0. The lowest BCUT2D eigenvalue weighted by Crippen LogP contribution is -2.46. The molecule has 1 atom stereocenters. The molecule has 21 heavy (non-hydrogen) atoms. The van der Waals surface area contributed by atoms with Crippen LogP contribution in [-0.2, 0) is 14.6 Å². The first-order valence-electron chi connectivity index (χ1n) is 6.64. The summed E-state index contributed by atoms with van der Waals surface area (Å²) in [4.78, 5) is 12.0. The Balaban J connectivity index is 2.03. The molecule has 1 fully saturated rings. The molecule has 1 aliphatic rings. The van der Waals surface area contributed by atoms with Crippen molar-refractivity contribution in [3.05, 3.63) is 29.3 Å². The van der Waals surface area contributed by atoms with E-state index in [1.54, 1.807) is 25.1 Å². The maximum absolute atomic E-state index is 12.0. The van der Waals surface area contributed by atoms with E-state index in [0.29, 0.717) is 17.8 Å². The van der Waals surface area contributed by atoms with Crippen LogP contribution in [0.5, 0.6) is 0 Å². The van der Waals surface area contributed by atoms with E-state index in [4.69, 9.17) is 5.26 Å². The molecule has 1 heterocycles. The summed E-state index contributed by atoms with van der Waals surface area (Å²) in [7, 11) is -3.06. The molecule has 1 saturated heterocycles. The second-order valence-corrected chi connectivity index (χ2v) is 7.36. The molecule has 1 aromatic rings. The number of aryl methyl sites for hydroxylation is 1. The zero-order chi connectivity index (χ0) is 15.5. The fourth-order valence-corrected chi connectivity index (χ4v) is 3.79. The number of nitrogens with zero attached hydrogens (tertiary/aromatic N) is 1. The molecule has 0 spiro atoms. The van der Waals surface area contributed by atoms with E-state index in [0.717, 1.165) is 5.56 Å². The first-order chi connectivity index (χ1) is 9.91. The number of nitriles is 1. The van der Waals surface area contributed by atoms with Gasteiger partial charge in [0.05, 0.1) is 22.8 Å². The van der Waals surface area contributed by atoms with Gasteiger partial charge in [0.2, 0.25) is 5.91 Å². The number of sulfone groups is 1. The standard InChI is InChI=1S/C14H17N3O3S/c1-10-3-2-4-13(12(10)8-15)17-14(18)7-11-9-21(19,20)6-5-16-11/h2-4,11,16H,5-7,9H2,1H3,(H,17,18). The number of benzene rings is 1. The molecule has 1 aliphatic heterocycles. The summed E-state index contributed by atoms with van der Waals surface area (Å²) >= 11 is 0. The molecule has 112 valence electrons. The number of carbonyl (C=O) groups is 1. The molecule has 1 aromatic carbocycles. The van der Waals surface area contributed by atoms with Crippen molar-refractivity contribution >= 4 is 21.4 Å². The van der Waals surface area contributed by atoms with Crippen molar-refractivity contribution in [3.63, 3.8) is 0 Å². The van der Waals surface area contributed by atoms with Crippen LogP contribution in [0.1, 0.15) is 17.5 Å². The molecule has 0 aliphatic carbocycles. The second kappa shape index (κ2) is 6.24. The van der Waals surface area contributed by atoms with Crippen molar-refractivity contribution in [1.29, 1.82) is 5.26 Å². The molecule has 0 radical (unpaired) electrons. The van der Waals surface area contributed by atoms with E-state index in [1.807, 2.05) is 0 Å². The Kier molecular flexibility index (Phi) is 4.60. The van der Waals surface area contributed by atoms with Gasteiger partial charge in [0.1, 0.15) is 6.07 Å². The van der Waals surface area contributed by atoms with E-state index in [9.17, 15) is 13.2 Å². The molecule has 0 bridgehead atoms. The molecule has 6 nitrogen and oxygen atoms in total. The zero-order valence-corrected chi connectivity index (χ0v) is 12.5. The molecule has 1 amide bonds. The van der Waals surface area contributed by atoms with Crippen LogP contribution in [0.2, 0.25) is 0 Å². The molecule has 7 heteroatoms. The number of nitrogens with one attached hydrogen (secondary N) is 2. The molecular formula is C14H17N3O3S. The lowest BCUT2D eigenvalue weighted by atomic mass is 10.1. The minimum atomic E-state index is -3.06. The Bertz CT molecular complexity index is 692. The third-order valence-corrected chi connectivity index (χ3v) is 5.13. The van der Waals surface area contributed by atoms with Gasteiger partial charge in [-0.1, -0.05) is 12.1 Å². The number of amides is 1. The molecule has 2 rings (SSSR count). The molecule has 0 saturated carbocycles. The maximum Gasteiger partial charge on any atom is 0.226 e. The normalized spacial score (nSPS) is 20.5. The van der Waals surface area contributed by atoms with Crippen molar-refractivity contribution < 1.29 is 13.2 Å². The van der Waals surface area contributed by atoms with Crippen LogP contribution in [0.15, 0.2) is 18.2 Å². The van der Waals surface area contributed by atoms with Crippen LogP contribution in [0.3, 0.4) is 0 Å². The highest BCUT2D eigenvalue weighted by molar-refractivity contribution is 7.91. The summed E-state index contributed by atoms with van der Waals surface area (Å²) in [6.45, 7) is 2.16. The van der Waals surface area contributed by atoms with Gasteiger partial charge in [0.15, 0.2) is 9.84 Å². The van der Waals surface area contributed by atoms with Gasteiger partial charge in [-0.3, -0.25) is 4.79 Å². The Morgan fingerprint density at radius 2 is 2.29 bits per heavy atom. The number of hydrogen-bond acceptors (Lipinski definition) is 5. The lowest BCUT2D eigenvalue weighted by Gasteiger charge is -2.23. The van der Waals surface area contributed by atoms with E-state index in [2.05, 4.69) is 16.7 Å². The summed E-state index contributed by atoms with van der Waals surface area (Å²) in [6.07, 6.45) is 0.0675. The van der Waals surface area contributed by atoms with Gasteiger partial charge in [0.25, 0.3) is 0 Å². The molecule has 1 unspecified atom stereocenters. The number of hydrogen-bond donors (Lipinski definition) is 2. The predicted molar refractivity (Wildman–Crippen MR) is 79.6 cm³/mol. The monoisotopic (exact) mass is 307 g/mol. The highest BCUT2D eigenvalue weighted by atomic mass is 32.2. The fraction of sp³-hybridized carbons (Fsp3) is 0.429. The quantitative estimate of drug-likeness (QED) is 0.851. The second-order valence-electron chi connectivity index (χ2n) is 5.13. The lowest BCUT2D eigenvalue weighted by molar-refractivity contribution is -0.116. The van der Waals surface area contributed by atoms with Crippen molar-refractivity contribution in [2.45, 2.75) is 19.4 Å².